The van der Waals surface area contributed by atoms with Crippen molar-refractivity contribution in [2.24, 2.45) is 5.73 Å². The normalized spacial score (nSPS) is 20.0. The Morgan fingerprint density at radius 1 is 1.33 bits per heavy atom. The van der Waals surface area contributed by atoms with Gasteiger partial charge in [0, 0.05) is 25.6 Å². The van der Waals surface area contributed by atoms with Crippen LogP contribution in [0.2, 0.25) is 0 Å². The molecule has 1 aromatic rings. The summed E-state index contributed by atoms with van der Waals surface area (Å²) in [6.07, 6.45) is 5.87. The predicted molar refractivity (Wildman–Crippen MR) is 83.8 cm³/mol. The van der Waals surface area contributed by atoms with Crippen LogP contribution in [0.3, 0.4) is 0 Å². The molecule has 1 saturated heterocycles. The van der Waals surface area contributed by atoms with Crippen molar-refractivity contribution in [1.82, 2.24) is 5.32 Å². The third kappa shape index (κ3) is 5.86. The second-order valence-corrected chi connectivity index (χ2v) is 5.68. The Balaban J connectivity index is 1.58. The first-order valence-electron chi connectivity index (χ1n) is 7.94. The summed E-state index contributed by atoms with van der Waals surface area (Å²) < 4.78 is 5.63. The third-order valence-corrected chi connectivity index (χ3v) is 3.97. The molecule has 0 aliphatic carbocycles. The molecule has 0 radical (unpaired) electrons. The van der Waals surface area contributed by atoms with Crippen LogP contribution in [0.25, 0.3) is 0 Å². The zero-order valence-electron chi connectivity index (χ0n) is 12.6. The first-order valence-corrected chi connectivity index (χ1v) is 7.94. The monoisotopic (exact) mass is 290 g/mol. The van der Waals surface area contributed by atoms with Crippen LogP contribution < -0.4 is 11.1 Å². The van der Waals surface area contributed by atoms with Gasteiger partial charge in [0.1, 0.15) is 0 Å². The molecule has 0 spiro atoms. The summed E-state index contributed by atoms with van der Waals surface area (Å²) in [5.41, 5.74) is 7.21. The lowest BCUT2D eigenvalue weighted by molar-refractivity contribution is -0.122. The van der Waals surface area contributed by atoms with Crippen molar-refractivity contribution in [2.45, 2.75) is 50.7 Å². The molecule has 1 aliphatic rings. The molecule has 0 bridgehead atoms. The van der Waals surface area contributed by atoms with Crippen LogP contribution in [0.5, 0.6) is 0 Å². The van der Waals surface area contributed by atoms with Crippen molar-refractivity contribution in [1.29, 1.82) is 0 Å². The number of nitrogens with two attached hydrogens (primary N) is 1. The van der Waals surface area contributed by atoms with Gasteiger partial charge in [-0.25, -0.2) is 0 Å². The lowest BCUT2D eigenvalue weighted by Gasteiger charge is -2.22. The number of carbonyl (C=O) groups is 1. The molecule has 1 aliphatic heterocycles. The number of ether oxygens (including phenoxy) is 1. The third-order valence-electron chi connectivity index (χ3n) is 3.97. The zero-order chi connectivity index (χ0) is 14.9. The molecular weight excluding hydrogens is 264 g/mol. The molecule has 1 fully saturated rings. The lowest BCUT2D eigenvalue weighted by atomic mass is 10.0. The van der Waals surface area contributed by atoms with Crippen molar-refractivity contribution in [3.63, 3.8) is 0 Å². The van der Waals surface area contributed by atoms with E-state index in [1.54, 1.807) is 0 Å². The predicted octanol–water partition coefficient (Wildman–Crippen LogP) is 2.54. The van der Waals surface area contributed by atoms with Gasteiger partial charge in [0.2, 0.25) is 5.91 Å². The van der Waals surface area contributed by atoms with Crippen LogP contribution in [-0.2, 0) is 9.53 Å². The molecular formula is C17H26N2O2. The van der Waals surface area contributed by atoms with Crippen LogP contribution in [-0.4, -0.2) is 25.2 Å². The van der Waals surface area contributed by atoms with Crippen LogP contribution in [0.4, 0.5) is 0 Å². The Labute approximate surface area is 127 Å². The van der Waals surface area contributed by atoms with Gasteiger partial charge in [-0.1, -0.05) is 30.3 Å². The summed E-state index contributed by atoms with van der Waals surface area (Å²) in [4.78, 5) is 11.8. The molecule has 3 N–H and O–H groups in total. The van der Waals surface area contributed by atoms with Gasteiger partial charge in [-0.15, -0.1) is 0 Å². The van der Waals surface area contributed by atoms with Crippen molar-refractivity contribution >= 4 is 5.91 Å². The summed E-state index contributed by atoms with van der Waals surface area (Å²) in [5, 5.41) is 2.95. The molecule has 21 heavy (non-hydrogen) atoms. The number of amides is 1. The molecule has 1 heterocycles. The fraction of sp³-hybridized carbons (Fsp3) is 0.588. The maximum Gasteiger partial charge on any atom is 0.220 e. The molecule has 1 amide bonds. The largest absolute Gasteiger partial charge is 0.378 e. The molecule has 2 unspecified atom stereocenters. The molecule has 2 atom stereocenters. The number of rotatable bonds is 7. The van der Waals surface area contributed by atoms with E-state index in [0.29, 0.717) is 13.0 Å². The SMILES string of the molecule is NC(CCNC(=O)CCC1CCCCO1)c1ccccc1. The van der Waals surface area contributed by atoms with E-state index in [4.69, 9.17) is 10.5 Å². The highest BCUT2D eigenvalue weighted by Crippen LogP contribution is 2.17. The maximum atomic E-state index is 11.8. The summed E-state index contributed by atoms with van der Waals surface area (Å²) in [6.45, 7) is 1.47. The Bertz CT molecular complexity index is 416. The van der Waals surface area contributed by atoms with E-state index in [0.717, 1.165) is 37.9 Å². The Morgan fingerprint density at radius 3 is 2.86 bits per heavy atom. The second kappa shape index (κ2) is 8.80. The smallest absolute Gasteiger partial charge is 0.220 e. The van der Waals surface area contributed by atoms with Crippen LogP contribution in [0, 0.1) is 0 Å². The van der Waals surface area contributed by atoms with Crippen molar-refractivity contribution in [3.8, 4) is 0 Å². The number of hydrogen-bond acceptors (Lipinski definition) is 3. The van der Waals surface area contributed by atoms with E-state index in [1.807, 2.05) is 30.3 Å². The number of carbonyl (C=O) groups excluding carboxylic acids is 1. The average Bonchev–Trinajstić information content (AvgIpc) is 2.54. The Hall–Kier alpha value is -1.39. The highest BCUT2D eigenvalue weighted by molar-refractivity contribution is 5.75. The van der Waals surface area contributed by atoms with Gasteiger partial charge >= 0.3 is 0 Å². The average molecular weight is 290 g/mol. The second-order valence-electron chi connectivity index (χ2n) is 5.68. The molecule has 116 valence electrons. The Kier molecular flexibility index (Phi) is 6.70. The van der Waals surface area contributed by atoms with E-state index in [1.165, 1.54) is 6.42 Å². The number of nitrogens with one attached hydrogen (secondary N) is 1. The van der Waals surface area contributed by atoms with Crippen molar-refractivity contribution in [2.75, 3.05) is 13.2 Å². The van der Waals surface area contributed by atoms with Gasteiger partial charge in [0.25, 0.3) is 0 Å². The van der Waals surface area contributed by atoms with Gasteiger partial charge in [0.05, 0.1) is 6.10 Å². The van der Waals surface area contributed by atoms with Gasteiger partial charge in [-0.05, 0) is 37.7 Å². The Morgan fingerprint density at radius 2 is 2.14 bits per heavy atom. The van der Waals surface area contributed by atoms with Crippen LogP contribution in [0.1, 0.15) is 50.1 Å². The zero-order valence-corrected chi connectivity index (χ0v) is 12.6. The lowest BCUT2D eigenvalue weighted by Crippen LogP contribution is -2.28. The van der Waals surface area contributed by atoms with E-state index in [2.05, 4.69) is 5.32 Å². The fourth-order valence-electron chi connectivity index (χ4n) is 2.65. The molecule has 0 aromatic heterocycles. The minimum Gasteiger partial charge on any atom is -0.378 e. The van der Waals surface area contributed by atoms with E-state index in [-0.39, 0.29) is 18.1 Å². The van der Waals surface area contributed by atoms with Gasteiger partial charge in [0.15, 0.2) is 0 Å². The van der Waals surface area contributed by atoms with Gasteiger partial charge in [-0.2, -0.15) is 0 Å². The molecule has 4 heteroatoms. The summed E-state index contributed by atoms with van der Waals surface area (Å²) >= 11 is 0. The van der Waals surface area contributed by atoms with E-state index in [9.17, 15) is 4.79 Å². The maximum absolute atomic E-state index is 11.8. The first kappa shape index (κ1) is 16.0. The van der Waals surface area contributed by atoms with Crippen molar-refractivity contribution in [3.05, 3.63) is 35.9 Å². The number of benzene rings is 1. The van der Waals surface area contributed by atoms with E-state index < -0.39 is 0 Å². The summed E-state index contributed by atoms with van der Waals surface area (Å²) in [5.74, 6) is 0.101. The van der Waals surface area contributed by atoms with Crippen LogP contribution >= 0.6 is 0 Å². The first-order chi connectivity index (χ1) is 10.3. The molecule has 0 saturated carbocycles. The van der Waals surface area contributed by atoms with Gasteiger partial charge in [-0.3, -0.25) is 4.79 Å². The molecule has 1 aromatic carbocycles. The molecule has 4 nitrogen and oxygen atoms in total. The van der Waals surface area contributed by atoms with Crippen LogP contribution in [0.15, 0.2) is 30.3 Å². The highest BCUT2D eigenvalue weighted by Gasteiger charge is 2.15. The highest BCUT2D eigenvalue weighted by atomic mass is 16.5. The summed E-state index contributed by atoms with van der Waals surface area (Å²) in [7, 11) is 0. The quantitative estimate of drug-likeness (QED) is 0.811. The topological polar surface area (TPSA) is 64.3 Å². The van der Waals surface area contributed by atoms with Crippen molar-refractivity contribution < 1.29 is 9.53 Å². The number of hydrogen-bond donors (Lipinski definition) is 2. The standard InChI is InChI=1S/C17H26N2O2/c18-16(14-6-2-1-3-7-14)11-12-19-17(20)10-9-15-8-4-5-13-21-15/h1-3,6-7,15-16H,4-5,8-13,18H2,(H,19,20). The van der Waals surface area contributed by atoms with Gasteiger partial charge < -0.3 is 15.8 Å². The fourth-order valence-corrected chi connectivity index (χ4v) is 2.65. The summed E-state index contributed by atoms with van der Waals surface area (Å²) in [6, 6.07) is 9.97. The van der Waals surface area contributed by atoms with E-state index >= 15 is 0 Å². The minimum atomic E-state index is -0.0202. The molecule has 2 rings (SSSR count). The minimum absolute atomic E-state index is 0.0202.